The second-order valence-electron chi connectivity index (χ2n) is 4.99. The van der Waals surface area contributed by atoms with Gasteiger partial charge in [-0.05, 0) is 30.4 Å². The first kappa shape index (κ1) is 14.8. The van der Waals surface area contributed by atoms with Gasteiger partial charge in [-0.2, -0.15) is 0 Å². The van der Waals surface area contributed by atoms with E-state index in [1.165, 1.54) is 0 Å². The smallest absolute Gasteiger partial charge is 0.127 e. The molecule has 108 valence electrons. The van der Waals surface area contributed by atoms with Crippen LogP contribution < -0.4 is 0 Å². The summed E-state index contributed by atoms with van der Waals surface area (Å²) in [7, 11) is 0. The zero-order valence-electron chi connectivity index (χ0n) is 11.1. The molecule has 1 saturated carbocycles. The Morgan fingerprint density at radius 1 is 1.40 bits per heavy atom. The lowest BCUT2D eigenvalue weighted by atomic mass is 9.92. The normalized spacial score (nSPS) is 27.6. The van der Waals surface area contributed by atoms with Crippen LogP contribution in [-0.4, -0.2) is 30.0 Å². The van der Waals surface area contributed by atoms with E-state index in [0.717, 1.165) is 5.56 Å². The van der Waals surface area contributed by atoms with E-state index in [1.54, 1.807) is 12.1 Å². The molecule has 0 aromatic heterocycles. The maximum absolute atomic E-state index is 13.9. The highest BCUT2D eigenvalue weighted by molar-refractivity contribution is 5.17. The van der Waals surface area contributed by atoms with Gasteiger partial charge in [0.15, 0.2) is 0 Å². The van der Waals surface area contributed by atoms with Crippen molar-refractivity contribution in [1.29, 1.82) is 0 Å². The number of ether oxygens (including phenoxy) is 1. The predicted octanol–water partition coefficient (Wildman–Crippen LogP) is 3.31. The highest BCUT2D eigenvalue weighted by Gasteiger charge is 2.31. The number of nitrogens with zero attached hydrogens (tertiary/aromatic N) is 3. The lowest BCUT2D eigenvalue weighted by Gasteiger charge is -2.30. The van der Waals surface area contributed by atoms with Crippen LogP contribution in [0.4, 0.5) is 4.39 Å². The predicted molar refractivity (Wildman–Crippen MR) is 72.8 cm³/mol. The molecule has 4 atom stereocenters. The second-order valence-corrected chi connectivity index (χ2v) is 4.99. The first-order valence-corrected chi connectivity index (χ1v) is 6.73. The van der Waals surface area contributed by atoms with Crippen LogP contribution >= 0.6 is 0 Å². The van der Waals surface area contributed by atoms with Crippen LogP contribution in [0.25, 0.3) is 10.4 Å². The van der Waals surface area contributed by atoms with E-state index in [-0.39, 0.29) is 19.1 Å². The lowest BCUT2D eigenvalue weighted by molar-refractivity contribution is -0.0613. The van der Waals surface area contributed by atoms with Gasteiger partial charge in [0.2, 0.25) is 0 Å². The largest absolute Gasteiger partial charge is 0.386 e. The number of hydrogen-bond donors (Lipinski definition) is 1. The van der Waals surface area contributed by atoms with Gasteiger partial charge in [-0.15, -0.1) is 0 Å². The molecule has 0 saturated heterocycles. The van der Waals surface area contributed by atoms with Crippen molar-refractivity contribution in [1.82, 2.24) is 0 Å². The van der Waals surface area contributed by atoms with E-state index in [1.807, 2.05) is 18.2 Å². The van der Waals surface area contributed by atoms with Crippen molar-refractivity contribution in [2.75, 3.05) is 6.61 Å². The van der Waals surface area contributed by atoms with Gasteiger partial charge in [0.25, 0.3) is 0 Å². The topological polar surface area (TPSA) is 78.2 Å². The second kappa shape index (κ2) is 7.24. The quantitative estimate of drug-likeness (QED) is 0.510. The number of aliphatic hydroxyl groups is 1. The van der Waals surface area contributed by atoms with Gasteiger partial charge in [0, 0.05) is 11.0 Å². The molecule has 1 aliphatic rings. The van der Waals surface area contributed by atoms with Crippen LogP contribution in [0.5, 0.6) is 0 Å². The Morgan fingerprint density at radius 2 is 2.15 bits per heavy atom. The number of aliphatic hydroxyl groups excluding tert-OH is 1. The summed E-state index contributed by atoms with van der Waals surface area (Å²) in [6.07, 6.45) is -1.11. The Morgan fingerprint density at radius 3 is 2.80 bits per heavy atom. The summed E-state index contributed by atoms with van der Waals surface area (Å²) in [6.45, 7) is 0.0707. The molecule has 1 fully saturated rings. The molecule has 1 unspecified atom stereocenters. The van der Waals surface area contributed by atoms with Gasteiger partial charge >= 0.3 is 0 Å². The van der Waals surface area contributed by atoms with Crippen molar-refractivity contribution in [3.63, 3.8) is 0 Å². The highest BCUT2D eigenvalue weighted by atomic mass is 19.1. The average molecular weight is 279 g/mol. The third-order valence-electron chi connectivity index (χ3n) is 3.55. The van der Waals surface area contributed by atoms with E-state index < -0.39 is 18.4 Å². The SMILES string of the molecule is [N-]=[N+]=N[C@H]1CC[C@H](OCC(O)c2ccccc2)[C@@H](F)C1. The van der Waals surface area contributed by atoms with E-state index in [0.29, 0.717) is 12.8 Å². The molecule has 1 aromatic rings. The molecule has 0 amide bonds. The average Bonchev–Trinajstić information content (AvgIpc) is 2.47. The first-order valence-electron chi connectivity index (χ1n) is 6.73. The summed E-state index contributed by atoms with van der Waals surface area (Å²) in [6, 6.07) is 8.86. The van der Waals surface area contributed by atoms with Gasteiger partial charge in [0.05, 0.1) is 12.7 Å². The highest BCUT2D eigenvalue weighted by Crippen LogP contribution is 2.27. The fourth-order valence-corrected chi connectivity index (χ4v) is 2.42. The molecule has 20 heavy (non-hydrogen) atoms. The minimum Gasteiger partial charge on any atom is -0.386 e. The van der Waals surface area contributed by atoms with Crippen molar-refractivity contribution >= 4 is 0 Å². The van der Waals surface area contributed by atoms with Crippen molar-refractivity contribution < 1.29 is 14.2 Å². The van der Waals surface area contributed by atoms with Crippen molar-refractivity contribution in [3.8, 4) is 0 Å². The maximum Gasteiger partial charge on any atom is 0.127 e. The van der Waals surface area contributed by atoms with Crippen LogP contribution in [0, 0.1) is 0 Å². The van der Waals surface area contributed by atoms with Crippen LogP contribution in [0.15, 0.2) is 35.4 Å². The van der Waals surface area contributed by atoms with E-state index in [2.05, 4.69) is 10.0 Å². The summed E-state index contributed by atoms with van der Waals surface area (Å²) in [5, 5.41) is 13.5. The summed E-state index contributed by atoms with van der Waals surface area (Å²) in [5.74, 6) is 0. The molecule has 2 rings (SSSR count). The first-order chi connectivity index (χ1) is 9.70. The van der Waals surface area contributed by atoms with Crippen LogP contribution in [-0.2, 0) is 4.74 Å². The van der Waals surface area contributed by atoms with E-state index >= 15 is 0 Å². The van der Waals surface area contributed by atoms with Crippen LogP contribution in [0.3, 0.4) is 0 Å². The Bertz CT molecular complexity index is 465. The summed E-state index contributed by atoms with van der Waals surface area (Å²) < 4.78 is 19.4. The maximum atomic E-state index is 13.9. The zero-order chi connectivity index (χ0) is 14.4. The molecular formula is C14H18FN3O2. The molecule has 1 aliphatic carbocycles. The molecule has 1 aromatic carbocycles. The van der Waals surface area contributed by atoms with E-state index in [9.17, 15) is 9.50 Å². The molecular weight excluding hydrogens is 261 g/mol. The number of hydrogen-bond acceptors (Lipinski definition) is 3. The van der Waals surface area contributed by atoms with Crippen molar-refractivity contribution in [2.24, 2.45) is 5.11 Å². The van der Waals surface area contributed by atoms with Crippen molar-refractivity contribution in [2.45, 2.75) is 43.7 Å². The van der Waals surface area contributed by atoms with Gasteiger partial charge in [-0.3, -0.25) is 0 Å². The molecule has 0 bridgehead atoms. The molecule has 0 spiro atoms. The van der Waals surface area contributed by atoms with Crippen molar-refractivity contribution in [3.05, 3.63) is 46.3 Å². The minimum absolute atomic E-state index is 0.0707. The fraction of sp³-hybridized carbons (Fsp3) is 0.571. The van der Waals surface area contributed by atoms with Crippen LogP contribution in [0.1, 0.15) is 30.9 Å². The molecule has 0 aliphatic heterocycles. The number of benzene rings is 1. The molecule has 5 nitrogen and oxygen atoms in total. The molecule has 0 radical (unpaired) electrons. The summed E-state index contributed by atoms with van der Waals surface area (Å²) in [4.78, 5) is 2.71. The lowest BCUT2D eigenvalue weighted by Crippen LogP contribution is -2.35. The monoisotopic (exact) mass is 279 g/mol. The number of rotatable bonds is 5. The molecule has 6 heteroatoms. The minimum atomic E-state index is -1.15. The third kappa shape index (κ3) is 3.93. The van der Waals surface area contributed by atoms with Gasteiger partial charge in [0.1, 0.15) is 12.3 Å². The van der Waals surface area contributed by atoms with Gasteiger partial charge < -0.3 is 9.84 Å². The number of azide groups is 1. The van der Waals surface area contributed by atoms with E-state index in [4.69, 9.17) is 10.3 Å². The Kier molecular flexibility index (Phi) is 5.35. The third-order valence-corrected chi connectivity index (χ3v) is 3.55. The Hall–Kier alpha value is -1.62. The Balaban J connectivity index is 1.81. The standard InChI is InChI=1S/C14H18FN3O2/c15-12-8-11(17-18-16)6-7-14(12)20-9-13(19)10-4-2-1-3-5-10/h1-5,11-14,19H,6-9H2/t11-,12-,13?,14-/m0/s1. The fourth-order valence-electron chi connectivity index (χ4n) is 2.42. The van der Waals surface area contributed by atoms with Crippen LogP contribution in [0.2, 0.25) is 0 Å². The summed E-state index contributed by atoms with van der Waals surface area (Å²) in [5.41, 5.74) is 9.10. The number of halogens is 1. The number of alkyl halides is 1. The van der Waals surface area contributed by atoms with Gasteiger partial charge in [-0.1, -0.05) is 35.4 Å². The van der Waals surface area contributed by atoms with Gasteiger partial charge in [-0.25, -0.2) is 4.39 Å². The summed E-state index contributed by atoms with van der Waals surface area (Å²) >= 11 is 0. The zero-order valence-corrected chi connectivity index (χ0v) is 11.1. The molecule has 1 N–H and O–H groups in total. The molecule has 0 heterocycles. The Labute approximate surface area is 117 Å².